The van der Waals surface area contributed by atoms with Crippen LogP contribution in [0.25, 0.3) is 0 Å². The van der Waals surface area contributed by atoms with Gasteiger partial charge in [0, 0.05) is 17.5 Å². The number of thiazole rings is 1. The molecule has 0 aliphatic carbocycles. The summed E-state index contributed by atoms with van der Waals surface area (Å²) >= 11 is 1.60. The fourth-order valence-corrected chi connectivity index (χ4v) is 2.66. The largest absolute Gasteiger partial charge is 0.368 e. The highest BCUT2D eigenvalue weighted by molar-refractivity contribution is 7.09. The first-order valence-electron chi connectivity index (χ1n) is 5.75. The second kappa shape index (κ2) is 5.63. The molecular formula is C14H13N3OS. The van der Waals surface area contributed by atoms with Gasteiger partial charge in [-0.15, -0.1) is 11.3 Å². The van der Waals surface area contributed by atoms with Crippen molar-refractivity contribution in [3.05, 3.63) is 45.4 Å². The Labute approximate surface area is 115 Å². The molecular weight excluding hydrogens is 258 g/mol. The molecule has 19 heavy (non-hydrogen) atoms. The molecule has 0 aliphatic rings. The number of hydrogen-bond donors (Lipinski definition) is 0. The average molecular weight is 271 g/mol. The van der Waals surface area contributed by atoms with Crippen LogP contribution in [0.15, 0.2) is 23.7 Å². The fraction of sp³-hybridized carbons (Fsp3) is 0.214. The SMILES string of the molecule is Cc1ncsc1CN(C)c1ccc(C=O)cc1C#N. The highest BCUT2D eigenvalue weighted by Gasteiger charge is 2.11. The summed E-state index contributed by atoms with van der Waals surface area (Å²) in [6.07, 6.45) is 0.748. The lowest BCUT2D eigenvalue weighted by Crippen LogP contribution is -2.17. The molecule has 5 heteroatoms. The Balaban J connectivity index is 2.29. The van der Waals surface area contributed by atoms with E-state index in [1.807, 2.05) is 24.4 Å². The van der Waals surface area contributed by atoms with Gasteiger partial charge >= 0.3 is 0 Å². The molecule has 0 amide bonds. The molecule has 0 spiro atoms. The molecule has 96 valence electrons. The third-order valence-electron chi connectivity index (χ3n) is 2.91. The van der Waals surface area contributed by atoms with Gasteiger partial charge in [0.15, 0.2) is 0 Å². The quantitative estimate of drug-likeness (QED) is 0.802. The van der Waals surface area contributed by atoms with E-state index >= 15 is 0 Å². The van der Waals surface area contributed by atoms with Gasteiger partial charge in [-0.05, 0) is 25.1 Å². The van der Waals surface area contributed by atoms with Crippen LogP contribution in [0.2, 0.25) is 0 Å². The van der Waals surface area contributed by atoms with Gasteiger partial charge in [0.1, 0.15) is 12.4 Å². The number of nitrogens with zero attached hydrogens (tertiary/aromatic N) is 3. The third kappa shape index (κ3) is 2.80. The molecule has 4 nitrogen and oxygen atoms in total. The van der Waals surface area contributed by atoms with Crippen LogP contribution in [-0.4, -0.2) is 18.3 Å². The zero-order valence-corrected chi connectivity index (χ0v) is 11.6. The van der Waals surface area contributed by atoms with Gasteiger partial charge < -0.3 is 4.90 Å². The molecule has 0 saturated heterocycles. The second-order valence-corrected chi connectivity index (χ2v) is 5.16. The first-order valence-corrected chi connectivity index (χ1v) is 6.63. The lowest BCUT2D eigenvalue weighted by molar-refractivity contribution is 0.112. The first kappa shape index (κ1) is 13.2. The number of carbonyl (C=O) groups is 1. The molecule has 0 N–H and O–H groups in total. The van der Waals surface area contributed by atoms with Crippen LogP contribution in [0.3, 0.4) is 0 Å². The summed E-state index contributed by atoms with van der Waals surface area (Å²) in [4.78, 5) is 18.1. The van der Waals surface area contributed by atoms with Crippen LogP contribution < -0.4 is 4.90 Å². The smallest absolute Gasteiger partial charge is 0.150 e. The van der Waals surface area contributed by atoms with E-state index in [2.05, 4.69) is 11.1 Å². The minimum absolute atomic E-state index is 0.509. The molecule has 2 aromatic rings. The summed E-state index contributed by atoms with van der Waals surface area (Å²) < 4.78 is 0. The predicted molar refractivity (Wildman–Crippen MR) is 75.5 cm³/mol. The van der Waals surface area contributed by atoms with Crippen LogP contribution in [0.5, 0.6) is 0 Å². The molecule has 0 fully saturated rings. The van der Waals surface area contributed by atoms with Crippen LogP contribution in [0.4, 0.5) is 5.69 Å². The number of aromatic nitrogens is 1. The minimum Gasteiger partial charge on any atom is -0.368 e. The Morgan fingerprint density at radius 3 is 2.89 bits per heavy atom. The summed E-state index contributed by atoms with van der Waals surface area (Å²) in [6, 6.07) is 7.27. The molecule has 2 rings (SSSR count). The van der Waals surface area contributed by atoms with Gasteiger partial charge in [0.2, 0.25) is 0 Å². The van der Waals surface area contributed by atoms with Crippen molar-refractivity contribution in [2.24, 2.45) is 0 Å². The second-order valence-electron chi connectivity index (χ2n) is 4.22. The van der Waals surface area contributed by atoms with E-state index in [1.54, 1.807) is 29.5 Å². The van der Waals surface area contributed by atoms with Crippen molar-refractivity contribution in [2.45, 2.75) is 13.5 Å². The van der Waals surface area contributed by atoms with Gasteiger partial charge in [-0.1, -0.05) is 0 Å². The van der Waals surface area contributed by atoms with E-state index in [4.69, 9.17) is 5.26 Å². The Hall–Kier alpha value is -2.19. The summed E-state index contributed by atoms with van der Waals surface area (Å²) in [5.41, 5.74) is 4.68. The summed E-state index contributed by atoms with van der Waals surface area (Å²) in [6.45, 7) is 2.67. The van der Waals surface area contributed by atoms with Gasteiger partial charge in [0.25, 0.3) is 0 Å². The van der Waals surface area contributed by atoms with Crippen LogP contribution in [0, 0.1) is 18.3 Å². The maximum atomic E-state index is 10.7. The molecule has 0 bridgehead atoms. The van der Waals surface area contributed by atoms with E-state index < -0.39 is 0 Å². The normalized spacial score (nSPS) is 9.95. The molecule has 0 unspecified atom stereocenters. The number of nitriles is 1. The minimum atomic E-state index is 0.509. The zero-order chi connectivity index (χ0) is 13.8. The predicted octanol–water partition coefficient (Wildman–Crippen LogP) is 2.77. The Morgan fingerprint density at radius 1 is 1.53 bits per heavy atom. The van der Waals surface area contributed by atoms with Crippen molar-refractivity contribution in [1.29, 1.82) is 5.26 Å². The van der Waals surface area contributed by atoms with E-state index in [0.717, 1.165) is 17.7 Å². The monoisotopic (exact) mass is 271 g/mol. The van der Waals surface area contributed by atoms with Crippen LogP contribution in [-0.2, 0) is 6.54 Å². The summed E-state index contributed by atoms with van der Waals surface area (Å²) in [5.74, 6) is 0. The van der Waals surface area contributed by atoms with Crippen molar-refractivity contribution < 1.29 is 4.79 Å². The van der Waals surface area contributed by atoms with Crippen molar-refractivity contribution >= 4 is 23.3 Å². The Kier molecular flexibility index (Phi) is 3.93. The van der Waals surface area contributed by atoms with Gasteiger partial charge in [-0.3, -0.25) is 4.79 Å². The number of carbonyl (C=O) groups excluding carboxylic acids is 1. The fourth-order valence-electron chi connectivity index (χ4n) is 1.83. The highest BCUT2D eigenvalue weighted by atomic mass is 32.1. The topological polar surface area (TPSA) is 57.0 Å². The number of benzene rings is 1. The van der Waals surface area contributed by atoms with E-state index in [1.165, 1.54) is 4.88 Å². The lowest BCUT2D eigenvalue weighted by Gasteiger charge is -2.20. The maximum Gasteiger partial charge on any atom is 0.150 e. The molecule has 0 aliphatic heterocycles. The van der Waals surface area contributed by atoms with E-state index in [9.17, 15) is 4.79 Å². The number of hydrogen-bond acceptors (Lipinski definition) is 5. The molecule has 1 aromatic carbocycles. The lowest BCUT2D eigenvalue weighted by atomic mass is 10.1. The molecule has 1 aromatic heterocycles. The van der Waals surface area contributed by atoms with Gasteiger partial charge in [-0.2, -0.15) is 5.26 Å². The van der Waals surface area contributed by atoms with Gasteiger partial charge in [0.05, 0.1) is 29.0 Å². The maximum absolute atomic E-state index is 10.7. The molecule has 0 radical (unpaired) electrons. The molecule has 0 saturated carbocycles. The Bertz CT molecular complexity index is 642. The summed E-state index contributed by atoms with van der Waals surface area (Å²) in [7, 11) is 1.93. The first-order chi connectivity index (χ1) is 9.15. The zero-order valence-electron chi connectivity index (χ0n) is 10.8. The standard InChI is InChI=1S/C14H13N3OS/c1-10-14(19-9-16-10)7-17(2)13-4-3-11(8-18)5-12(13)6-15/h3-5,8-9H,7H2,1-2H3. The molecule has 1 heterocycles. The molecule has 0 atom stereocenters. The van der Waals surface area contributed by atoms with E-state index in [-0.39, 0.29) is 0 Å². The summed E-state index contributed by atoms with van der Waals surface area (Å²) in [5, 5.41) is 9.17. The van der Waals surface area contributed by atoms with Gasteiger partial charge in [-0.25, -0.2) is 4.98 Å². The number of aldehydes is 1. The van der Waals surface area contributed by atoms with Crippen LogP contribution >= 0.6 is 11.3 Å². The number of aryl methyl sites for hydroxylation is 1. The van der Waals surface area contributed by atoms with Crippen molar-refractivity contribution in [3.8, 4) is 6.07 Å². The van der Waals surface area contributed by atoms with E-state index in [0.29, 0.717) is 17.7 Å². The highest BCUT2D eigenvalue weighted by Crippen LogP contribution is 2.23. The average Bonchev–Trinajstić information content (AvgIpc) is 2.83. The van der Waals surface area contributed by atoms with Crippen molar-refractivity contribution in [2.75, 3.05) is 11.9 Å². The third-order valence-corrected chi connectivity index (χ3v) is 3.83. The number of rotatable bonds is 4. The van der Waals surface area contributed by atoms with Crippen LogP contribution in [0.1, 0.15) is 26.5 Å². The number of anilines is 1. The van der Waals surface area contributed by atoms with Crippen molar-refractivity contribution in [3.63, 3.8) is 0 Å². The Morgan fingerprint density at radius 2 is 2.32 bits per heavy atom. The van der Waals surface area contributed by atoms with Crippen molar-refractivity contribution in [1.82, 2.24) is 4.98 Å².